The van der Waals surface area contributed by atoms with E-state index >= 15 is 0 Å². The van der Waals surface area contributed by atoms with E-state index in [0.717, 1.165) is 5.56 Å². The van der Waals surface area contributed by atoms with E-state index in [1.165, 1.54) is 4.31 Å². The molecule has 10 heteroatoms. The number of sulfonamides is 1. The first-order valence-electron chi connectivity index (χ1n) is 11.7. The maximum Gasteiger partial charge on any atom is 0.462 e. The minimum absolute atomic E-state index is 0.235. The Bertz CT molecular complexity index is 932. The van der Waals surface area contributed by atoms with Crippen LogP contribution in [0, 0.1) is 6.92 Å². The molecule has 2 atom stereocenters. The Morgan fingerprint density at radius 1 is 0.727 bits per heavy atom. The van der Waals surface area contributed by atoms with Crippen molar-refractivity contribution in [2.45, 2.75) is 101 Å². The van der Waals surface area contributed by atoms with E-state index in [1.54, 1.807) is 12.1 Å². The summed E-state index contributed by atoms with van der Waals surface area (Å²) in [5, 5.41) is 0. The molecular formula is C23H37B2NO6S. The summed E-state index contributed by atoms with van der Waals surface area (Å²) in [5.74, 6) is -0.470. The van der Waals surface area contributed by atoms with Gasteiger partial charge >= 0.3 is 14.2 Å². The lowest BCUT2D eigenvalue weighted by Gasteiger charge is -2.32. The van der Waals surface area contributed by atoms with E-state index in [2.05, 4.69) is 0 Å². The number of nitrogens with zero attached hydrogens (tertiary/aromatic N) is 1. The third kappa shape index (κ3) is 4.21. The van der Waals surface area contributed by atoms with Gasteiger partial charge in [0, 0.05) is 24.7 Å². The number of benzene rings is 1. The number of hydrogen-bond acceptors (Lipinski definition) is 6. The van der Waals surface area contributed by atoms with Crippen LogP contribution >= 0.6 is 0 Å². The maximum absolute atomic E-state index is 13.5. The standard InChI is InChI=1S/C23H37B2NO6S/c1-16-10-12-17(13-11-16)33(27,28)26-14-18(24-29-20(2,3)21(4,5)30-24)19(15-26)25-31-22(6,7)23(8,9)32-25/h10-13,18-19H,14-15H2,1-9H3/t18-,19-/m1/s1. The van der Waals surface area contributed by atoms with Gasteiger partial charge in [0.1, 0.15) is 0 Å². The van der Waals surface area contributed by atoms with Crippen LogP contribution in [0.2, 0.25) is 11.6 Å². The topological polar surface area (TPSA) is 74.3 Å². The van der Waals surface area contributed by atoms with Crippen molar-refractivity contribution < 1.29 is 27.0 Å². The Morgan fingerprint density at radius 3 is 1.39 bits per heavy atom. The molecule has 0 bridgehead atoms. The monoisotopic (exact) mass is 477 g/mol. The Hall–Kier alpha value is -0.900. The van der Waals surface area contributed by atoms with Crippen LogP contribution in [-0.4, -0.2) is 62.5 Å². The van der Waals surface area contributed by atoms with E-state index in [4.69, 9.17) is 18.6 Å². The second-order valence-corrected chi connectivity index (χ2v) is 13.7. The smallest absolute Gasteiger partial charge is 0.403 e. The first kappa shape index (κ1) is 25.2. The van der Waals surface area contributed by atoms with E-state index < -0.39 is 46.7 Å². The number of hydrogen-bond donors (Lipinski definition) is 0. The zero-order chi connectivity index (χ0) is 24.6. The number of rotatable bonds is 4. The average Bonchev–Trinajstić information content (AvgIpc) is 3.26. The fraction of sp³-hybridized carbons (Fsp3) is 0.739. The molecule has 0 N–H and O–H groups in total. The molecule has 3 fully saturated rings. The minimum Gasteiger partial charge on any atom is -0.403 e. The summed E-state index contributed by atoms with van der Waals surface area (Å²) >= 11 is 0. The Labute approximate surface area is 199 Å². The van der Waals surface area contributed by atoms with Crippen molar-refractivity contribution in [1.82, 2.24) is 4.31 Å². The molecule has 0 unspecified atom stereocenters. The minimum atomic E-state index is -3.68. The molecule has 4 rings (SSSR count). The van der Waals surface area contributed by atoms with Crippen LogP contribution in [0.1, 0.15) is 61.0 Å². The Kier molecular flexibility index (Phi) is 5.96. The summed E-state index contributed by atoms with van der Waals surface area (Å²) < 4.78 is 54.1. The Morgan fingerprint density at radius 2 is 1.06 bits per heavy atom. The molecule has 3 aliphatic rings. The lowest BCUT2D eigenvalue weighted by Crippen LogP contribution is -2.41. The molecule has 1 aromatic carbocycles. The highest BCUT2D eigenvalue weighted by Crippen LogP contribution is 2.51. The first-order valence-corrected chi connectivity index (χ1v) is 13.2. The average molecular weight is 477 g/mol. The molecule has 3 aliphatic heterocycles. The Balaban J connectivity index is 1.67. The van der Waals surface area contributed by atoms with Gasteiger partial charge in [0.25, 0.3) is 0 Å². The molecule has 0 saturated carbocycles. The maximum atomic E-state index is 13.5. The third-order valence-electron chi connectivity index (χ3n) is 8.28. The van der Waals surface area contributed by atoms with Crippen molar-refractivity contribution in [2.24, 2.45) is 0 Å². The lowest BCUT2D eigenvalue weighted by atomic mass is 9.54. The molecule has 1 aromatic rings. The van der Waals surface area contributed by atoms with E-state index in [1.807, 2.05) is 74.4 Å². The second kappa shape index (κ2) is 7.80. The highest BCUT2D eigenvalue weighted by atomic mass is 32.2. The molecule has 0 amide bonds. The van der Waals surface area contributed by atoms with Crippen molar-refractivity contribution >= 4 is 24.3 Å². The van der Waals surface area contributed by atoms with Crippen LogP contribution in [0.5, 0.6) is 0 Å². The van der Waals surface area contributed by atoms with Crippen LogP contribution in [0.15, 0.2) is 29.2 Å². The van der Waals surface area contributed by atoms with Crippen LogP contribution in [-0.2, 0) is 28.6 Å². The molecule has 33 heavy (non-hydrogen) atoms. The van der Waals surface area contributed by atoms with Crippen molar-refractivity contribution in [3.8, 4) is 0 Å². The predicted octanol–water partition coefficient (Wildman–Crippen LogP) is 3.92. The van der Waals surface area contributed by atoms with Gasteiger partial charge < -0.3 is 18.6 Å². The highest BCUT2D eigenvalue weighted by molar-refractivity contribution is 7.89. The van der Waals surface area contributed by atoms with E-state index in [0.29, 0.717) is 0 Å². The molecule has 3 saturated heterocycles. The van der Waals surface area contributed by atoms with Crippen molar-refractivity contribution in [3.05, 3.63) is 29.8 Å². The van der Waals surface area contributed by atoms with Gasteiger partial charge in [0.2, 0.25) is 10.0 Å². The highest BCUT2D eigenvalue weighted by Gasteiger charge is 2.63. The molecule has 0 spiro atoms. The summed E-state index contributed by atoms with van der Waals surface area (Å²) in [6, 6.07) is 6.97. The first-order chi connectivity index (χ1) is 15.0. The summed E-state index contributed by atoms with van der Waals surface area (Å²) in [6.45, 7) is 18.6. The summed E-state index contributed by atoms with van der Waals surface area (Å²) in [7, 11) is -4.80. The van der Waals surface area contributed by atoms with Gasteiger partial charge in [-0.15, -0.1) is 0 Å². The van der Waals surface area contributed by atoms with Crippen LogP contribution in [0.4, 0.5) is 0 Å². The van der Waals surface area contributed by atoms with Crippen LogP contribution < -0.4 is 0 Å². The van der Waals surface area contributed by atoms with E-state index in [9.17, 15) is 8.42 Å². The molecular weight excluding hydrogens is 440 g/mol. The molecule has 0 aliphatic carbocycles. The zero-order valence-electron chi connectivity index (χ0n) is 21.3. The van der Waals surface area contributed by atoms with E-state index in [-0.39, 0.29) is 29.6 Å². The van der Waals surface area contributed by atoms with Gasteiger partial charge in [0.05, 0.1) is 27.3 Å². The van der Waals surface area contributed by atoms with Crippen molar-refractivity contribution in [3.63, 3.8) is 0 Å². The number of aryl methyl sites for hydroxylation is 1. The van der Waals surface area contributed by atoms with Gasteiger partial charge in [-0.25, -0.2) is 8.42 Å². The quantitative estimate of drug-likeness (QED) is 0.613. The predicted molar refractivity (Wildman–Crippen MR) is 130 cm³/mol. The summed E-state index contributed by atoms with van der Waals surface area (Å²) in [4.78, 5) is 0.287. The fourth-order valence-corrected chi connectivity index (χ4v) is 6.09. The van der Waals surface area contributed by atoms with Crippen molar-refractivity contribution in [1.29, 1.82) is 0 Å². The molecule has 182 valence electrons. The van der Waals surface area contributed by atoms with Gasteiger partial charge in [-0.05, 0) is 74.4 Å². The van der Waals surface area contributed by atoms with Crippen molar-refractivity contribution in [2.75, 3.05) is 13.1 Å². The lowest BCUT2D eigenvalue weighted by molar-refractivity contribution is 0.00578. The van der Waals surface area contributed by atoms with Crippen LogP contribution in [0.3, 0.4) is 0 Å². The SMILES string of the molecule is Cc1ccc(S(=O)(=O)N2C[C@@H](B3OC(C)(C)C(C)(C)O3)[C@H](B3OC(C)(C)C(C)(C)O3)C2)cc1. The van der Waals surface area contributed by atoms with Gasteiger partial charge in [0.15, 0.2) is 0 Å². The molecule has 0 aromatic heterocycles. The van der Waals surface area contributed by atoms with Gasteiger partial charge in [-0.3, -0.25) is 0 Å². The largest absolute Gasteiger partial charge is 0.462 e. The third-order valence-corrected chi connectivity index (χ3v) is 10.1. The molecule has 0 radical (unpaired) electrons. The zero-order valence-corrected chi connectivity index (χ0v) is 22.2. The van der Waals surface area contributed by atoms with Crippen LogP contribution in [0.25, 0.3) is 0 Å². The summed E-state index contributed by atoms with van der Waals surface area (Å²) in [5.41, 5.74) is -1.04. The normalized spacial score (nSPS) is 30.8. The van der Waals surface area contributed by atoms with Gasteiger partial charge in [-0.2, -0.15) is 4.31 Å². The molecule has 3 heterocycles. The fourth-order valence-electron chi connectivity index (χ4n) is 4.57. The van der Waals surface area contributed by atoms with Gasteiger partial charge in [-0.1, -0.05) is 17.7 Å². The molecule has 7 nitrogen and oxygen atoms in total. The second-order valence-electron chi connectivity index (χ2n) is 11.7. The summed E-state index contributed by atoms with van der Waals surface area (Å²) in [6.07, 6.45) is 0.